The van der Waals surface area contributed by atoms with Gasteiger partial charge in [-0.1, -0.05) is 27.7 Å². The fraction of sp³-hybridized carbons (Fsp3) is 0.500. The Morgan fingerprint density at radius 3 is 2.42 bits per heavy atom. The van der Waals surface area contributed by atoms with Crippen molar-refractivity contribution in [2.75, 3.05) is 19.6 Å². The topological polar surface area (TPSA) is 97.4 Å². The van der Waals surface area contributed by atoms with E-state index in [1.807, 2.05) is 57.6 Å². The maximum Gasteiger partial charge on any atom is 0.241 e. The first-order valence-electron chi connectivity index (χ1n) is 11.3. The number of nitrogens with one attached hydrogen (secondary N) is 1. The number of sulfonamides is 1. The molecule has 1 N–H and O–H groups in total. The standard InChI is InChI=1S/C24H34N4O4S/c1-17(2)15-27(16-18(3)4)24(29)14-25-33(30,31)22-6-7-23-20(13-22)12-21(32-23)9-11-28-10-8-19(5)26-28/h6-8,10,12-13,17-18,25H,9,11,14-16H2,1-5H3. The van der Waals surface area contributed by atoms with Gasteiger partial charge >= 0.3 is 0 Å². The van der Waals surface area contributed by atoms with Crippen molar-refractivity contribution in [1.82, 2.24) is 19.4 Å². The Labute approximate surface area is 196 Å². The molecule has 2 aromatic heterocycles. The molecule has 33 heavy (non-hydrogen) atoms. The van der Waals surface area contributed by atoms with Crippen LogP contribution in [0.1, 0.15) is 39.1 Å². The fourth-order valence-corrected chi connectivity index (χ4v) is 4.70. The van der Waals surface area contributed by atoms with Crippen LogP contribution in [0.15, 0.2) is 45.8 Å². The minimum atomic E-state index is -3.83. The highest BCUT2D eigenvalue weighted by molar-refractivity contribution is 7.89. The Hall–Kier alpha value is -2.65. The number of carbonyl (C=O) groups is 1. The first kappa shape index (κ1) is 25.0. The largest absolute Gasteiger partial charge is 0.461 e. The number of furan rings is 1. The summed E-state index contributed by atoms with van der Waals surface area (Å²) in [6.07, 6.45) is 2.56. The van der Waals surface area contributed by atoms with Crippen molar-refractivity contribution in [1.29, 1.82) is 0 Å². The van der Waals surface area contributed by atoms with Gasteiger partial charge in [0.1, 0.15) is 11.3 Å². The van der Waals surface area contributed by atoms with Gasteiger partial charge in [-0.25, -0.2) is 13.1 Å². The minimum absolute atomic E-state index is 0.108. The van der Waals surface area contributed by atoms with Crippen LogP contribution in [0.2, 0.25) is 0 Å². The van der Waals surface area contributed by atoms with E-state index < -0.39 is 10.0 Å². The molecule has 3 aromatic rings. The highest BCUT2D eigenvalue weighted by atomic mass is 32.2. The molecule has 9 heteroatoms. The van der Waals surface area contributed by atoms with Crippen molar-refractivity contribution < 1.29 is 17.6 Å². The summed E-state index contributed by atoms with van der Waals surface area (Å²) in [6.45, 7) is 11.7. The molecule has 0 bridgehead atoms. The molecule has 180 valence electrons. The number of aryl methyl sites for hydroxylation is 3. The molecule has 0 unspecified atom stereocenters. The monoisotopic (exact) mass is 474 g/mol. The van der Waals surface area contributed by atoms with Gasteiger partial charge in [-0.3, -0.25) is 9.48 Å². The van der Waals surface area contributed by atoms with Crippen LogP contribution in [-0.2, 0) is 27.8 Å². The number of amides is 1. The lowest BCUT2D eigenvalue weighted by atomic mass is 10.1. The average molecular weight is 475 g/mol. The number of nitrogens with zero attached hydrogens (tertiary/aromatic N) is 3. The summed E-state index contributed by atoms with van der Waals surface area (Å²) in [7, 11) is -3.83. The van der Waals surface area contributed by atoms with Crippen molar-refractivity contribution in [3.63, 3.8) is 0 Å². The van der Waals surface area contributed by atoms with Crippen LogP contribution in [0.4, 0.5) is 0 Å². The van der Waals surface area contributed by atoms with Crippen molar-refractivity contribution in [2.45, 2.75) is 52.5 Å². The quantitative estimate of drug-likeness (QED) is 0.458. The zero-order valence-electron chi connectivity index (χ0n) is 20.0. The predicted molar refractivity (Wildman–Crippen MR) is 128 cm³/mol. The van der Waals surface area contributed by atoms with E-state index >= 15 is 0 Å². The number of hydrogen-bond acceptors (Lipinski definition) is 5. The second-order valence-electron chi connectivity index (χ2n) is 9.29. The van der Waals surface area contributed by atoms with Crippen LogP contribution in [0.25, 0.3) is 11.0 Å². The van der Waals surface area contributed by atoms with Crippen molar-refractivity contribution >= 4 is 26.9 Å². The van der Waals surface area contributed by atoms with E-state index in [0.717, 1.165) is 11.5 Å². The van der Waals surface area contributed by atoms with Crippen LogP contribution < -0.4 is 4.72 Å². The zero-order valence-corrected chi connectivity index (χ0v) is 20.9. The lowest BCUT2D eigenvalue weighted by molar-refractivity contribution is -0.131. The van der Waals surface area contributed by atoms with Gasteiger partial charge in [0, 0.05) is 37.6 Å². The molecule has 1 aromatic carbocycles. The number of carbonyl (C=O) groups excluding carboxylic acids is 1. The third kappa shape index (κ3) is 6.91. The Morgan fingerprint density at radius 2 is 1.82 bits per heavy atom. The summed E-state index contributed by atoms with van der Waals surface area (Å²) in [6, 6.07) is 8.52. The van der Waals surface area contributed by atoms with E-state index in [1.165, 1.54) is 6.07 Å². The number of benzene rings is 1. The number of fused-ring (bicyclic) bond motifs is 1. The van der Waals surface area contributed by atoms with E-state index in [4.69, 9.17) is 4.42 Å². The number of rotatable bonds is 11. The summed E-state index contributed by atoms with van der Waals surface area (Å²) >= 11 is 0. The molecule has 0 aliphatic heterocycles. The third-order valence-electron chi connectivity index (χ3n) is 5.15. The van der Waals surface area contributed by atoms with Crippen LogP contribution in [0.3, 0.4) is 0 Å². The lowest BCUT2D eigenvalue weighted by Gasteiger charge is -2.26. The molecule has 2 heterocycles. The van der Waals surface area contributed by atoms with Gasteiger partial charge in [-0.05, 0) is 49.1 Å². The van der Waals surface area contributed by atoms with Crippen molar-refractivity contribution in [3.8, 4) is 0 Å². The molecule has 0 atom stereocenters. The highest BCUT2D eigenvalue weighted by Crippen LogP contribution is 2.23. The second-order valence-corrected chi connectivity index (χ2v) is 11.1. The number of aromatic nitrogens is 2. The Morgan fingerprint density at radius 1 is 1.12 bits per heavy atom. The van der Waals surface area contributed by atoms with E-state index in [1.54, 1.807) is 17.0 Å². The van der Waals surface area contributed by atoms with E-state index in [9.17, 15) is 13.2 Å². The molecule has 0 saturated carbocycles. The predicted octanol–water partition coefficient (Wildman–Crippen LogP) is 3.60. The molecule has 0 aliphatic carbocycles. The SMILES string of the molecule is Cc1ccn(CCc2cc3cc(S(=O)(=O)NCC(=O)N(CC(C)C)CC(C)C)ccc3o2)n1. The molecule has 0 fully saturated rings. The third-order valence-corrected chi connectivity index (χ3v) is 6.55. The van der Waals surface area contributed by atoms with Crippen LogP contribution in [0, 0.1) is 18.8 Å². The summed E-state index contributed by atoms with van der Waals surface area (Å²) in [5.41, 5.74) is 1.58. The lowest BCUT2D eigenvalue weighted by Crippen LogP contribution is -2.43. The van der Waals surface area contributed by atoms with Gasteiger partial charge in [0.15, 0.2) is 0 Å². The molecular weight excluding hydrogens is 440 g/mol. The van der Waals surface area contributed by atoms with Crippen molar-refractivity contribution in [2.24, 2.45) is 11.8 Å². The smallest absolute Gasteiger partial charge is 0.241 e. The maximum atomic E-state index is 12.8. The average Bonchev–Trinajstić information content (AvgIpc) is 3.34. The molecular formula is C24H34N4O4S. The molecule has 0 spiro atoms. The zero-order chi connectivity index (χ0) is 24.2. The Balaban J connectivity index is 1.67. The highest BCUT2D eigenvalue weighted by Gasteiger charge is 2.21. The van der Waals surface area contributed by atoms with E-state index in [2.05, 4.69) is 9.82 Å². The van der Waals surface area contributed by atoms with Gasteiger partial charge in [-0.2, -0.15) is 5.10 Å². The maximum absolute atomic E-state index is 12.8. The van der Waals surface area contributed by atoms with Crippen molar-refractivity contribution in [3.05, 3.63) is 48.0 Å². The second kappa shape index (κ2) is 10.5. The van der Waals surface area contributed by atoms with Crippen LogP contribution >= 0.6 is 0 Å². The molecule has 8 nitrogen and oxygen atoms in total. The van der Waals surface area contributed by atoms with Crippen LogP contribution in [-0.4, -0.2) is 48.6 Å². The summed E-state index contributed by atoms with van der Waals surface area (Å²) in [4.78, 5) is 14.5. The Kier molecular flexibility index (Phi) is 7.97. The molecule has 0 saturated heterocycles. The van der Waals surface area contributed by atoms with Crippen LogP contribution in [0.5, 0.6) is 0 Å². The first-order valence-corrected chi connectivity index (χ1v) is 12.8. The molecule has 1 amide bonds. The van der Waals surface area contributed by atoms with E-state index in [0.29, 0.717) is 48.9 Å². The summed E-state index contributed by atoms with van der Waals surface area (Å²) in [5, 5.41) is 5.07. The van der Waals surface area contributed by atoms with Gasteiger partial charge in [-0.15, -0.1) is 0 Å². The first-order chi connectivity index (χ1) is 15.5. The molecule has 3 rings (SSSR count). The van der Waals surface area contributed by atoms with Gasteiger partial charge in [0.25, 0.3) is 0 Å². The Bertz CT molecular complexity index is 1180. The minimum Gasteiger partial charge on any atom is -0.461 e. The normalized spacial score (nSPS) is 12.2. The summed E-state index contributed by atoms with van der Waals surface area (Å²) in [5.74, 6) is 1.15. The fourth-order valence-electron chi connectivity index (χ4n) is 3.69. The van der Waals surface area contributed by atoms with E-state index in [-0.39, 0.29) is 17.3 Å². The number of hydrogen-bond donors (Lipinski definition) is 1. The summed E-state index contributed by atoms with van der Waals surface area (Å²) < 4.78 is 35.8. The van der Waals surface area contributed by atoms with Gasteiger partial charge < -0.3 is 9.32 Å². The molecule has 0 aliphatic rings. The van der Waals surface area contributed by atoms with Gasteiger partial charge in [0.2, 0.25) is 15.9 Å². The molecule has 0 radical (unpaired) electrons. The van der Waals surface area contributed by atoms with Gasteiger partial charge in [0.05, 0.1) is 17.1 Å².